The van der Waals surface area contributed by atoms with Crippen LogP contribution < -0.4 is 0 Å². The van der Waals surface area contributed by atoms with Gasteiger partial charge in [0.25, 0.3) is 0 Å². The summed E-state index contributed by atoms with van der Waals surface area (Å²) in [6, 6.07) is 53.9. The Labute approximate surface area is 256 Å². The fourth-order valence-corrected chi connectivity index (χ4v) is 6.75. The molecule has 0 unspecified atom stereocenters. The molecule has 0 amide bonds. The van der Waals surface area contributed by atoms with Gasteiger partial charge in [-0.2, -0.15) is 0 Å². The van der Waals surface area contributed by atoms with E-state index in [-0.39, 0.29) is 5.75 Å². The number of phenolic OH excluding ortho intramolecular Hbond substituents is 1. The zero-order valence-electron chi connectivity index (χ0n) is 23.9. The second kappa shape index (κ2) is 10.5. The van der Waals surface area contributed by atoms with Crippen LogP contribution in [-0.2, 0) is 5.41 Å². The van der Waals surface area contributed by atoms with Crippen LogP contribution in [0.1, 0.15) is 22.5 Å². The number of aromatic hydroxyl groups is 1. The lowest BCUT2D eigenvalue weighted by molar-refractivity contribution is 0.477. The Morgan fingerprint density at radius 1 is 0.432 bits per heavy atom. The highest BCUT2D eigenvalue weighted by atomic mass is 16.3. The van der Waals surface area contributed by atoms with E-state index in [9.17, 15) is 5.11 Å². The predicted molar refractivity (Wildman–Crippen MR) is 177 cm³/mol. The monoisotopic (exact) mass is 564 g/mol. The first kappa shape index (κ1) is 25.9. The zero-order chi connectivity index (χ0) is 29.5. The third-order valence-electron chi connectivity index (χ3n) is 8.69. The molecule has 5 aromatic carbocycles. The lowest BCUT2D eigenvalue weighted by atomic mass is 9.72. The molecular formula is C41H28N2O. The van der Waals surface area contributed by atoms with Gasteiger partial charge in [-0.05, 0) is 87.5 Å². The summed E-state index contributed by atoms with van der Waals surface area (Å²) in [5.41, 5.74) is 11.6. The van der Waals surface area contributed by atoms with E-state index in [0.717, 1.165) is 44.9 Å². The van der Waals surface area contributed by atoms with Crippen molar-refractivity contribution < 1.29 is 5.11 Å². The number of phenols is 1. The largest absolute Gasteiger partial charge is 0.507 e. The van der Waals surface area contributed by atoms with Crippen LogP contribution in [0.3, 0.4) is 0 Å². The lowest BCUT2D eigenvalue weighted by Gasteiger charge is -2.31. The number of hydrogen-bond donors (Lipinski definition) is 1. The van der Waals surface area contributed by atoms with Crippen molar-refractivity contribution >= 4 is 0 Å². The fourth-order valence-electron chi connectivity index (χ4n) is 6.75. The van der Waals surface area contributed by atoms with Crippen LogP contribution in [0.15, 0.2) is 164 Å². The van der Waals surface area contributed by atoms with E-state index in [1.54, 1.807) is 6.07 Å². The van der Waals surface area contributed by atoms with Crippen molar-refractivity contribution in [1.82, 2.24) is 9.97 Å². The molecule has 0 saturated heterocycles. The minimum atomic E-state index is -0.679. The van der Waals surface area contributed by atoms with E-state index in [1.807, 2.05) is 48.7 Å². The molecule has 3 nitrogen and oxygen atoms in total. The number of hydrogen-bond acceptors (Lipinski definition) is 3. The molecule has 2 aromatic heterocycles. The number of benzene rings is 5. The van der Waals surface area contributed by atoms with Gasteiger partial charge in [-0.25, -0.2) is 0 Å². The third kappa shape index (κ3) is 4.05. The van der Waals surface area contributed by atoms with Gasteiger partial charge < -0.3 is 5.11 Å². The van der Waals surface area contributed by atoms with Crippen LogP contribution >= 0.6 is 0 Å². The topological polar surface area (TPSA) is 46.0 Å². The highest BCUT2D eigenvalue weighted by Crippen LogP contribution is 2.55. The molecular weight excluding hydrogens is 536 g/mol. The summed E-state index contributed by atoms with van der Waals surface area (Å²) in [7, 11) is 0. The molecule has 0 spiro atoms. The quantitative estimate of drug-likeness (QED) is 0.226. The van der Waals surface area contributed by atoms with Gasteiger partial charge in [-0.3, -0.25) is 9.97 Å². The smallest absolute Gasteiger partial charge is 0.123 e. The van der Waals surface area contributed by atoms with E-state index in [1.165, 1.54) is 22.3 Å². The molecule has 0 atom stereocenters. The molecule has 8 rings (SSSR count). The summed E-state index contributed by atoms with van der Waals surface area (Å²) in [6.07, 6.45) is 1.87. The Hall–Kier alpha value is -5.80. The summed E-state index contributed by atoms with van der Waals surface area (Å²) in [5, 5.41) is 10.8. The predicted octanol–water partition coefficient (Wildman–Crippen LogP) is 9.55. The Morgan fingerprint density at radius 2 is 1.02 bits per heavy atom. The Morgan fingerprint density at radius 3 is 1.73 bits per heavy atom. The number of pyridine rings is 2. The van der Waals surface area contributed by atoms with Gasteiger partial charge in [0.15, 0.2) is 0 Å². The average molecular weight is 565 g/mol. The molecule has 0 saturated carbocycles. The van der Waals surface area contributed by atoms with Crippen molar-refractivity contribution in [3.63, 3.8) is 0 Å². The third-order valence-corrected chi connectivity index (χ3v) is 8.69. The lowest BCUT2D eigenvalue weighted by Crippen LogP contribution is -2.31. The van der Waals surface area contributed by atoms with Gasteiger partial charge >= 0.3 is 0 Å². The van der Waals surface area contributed by atoms with Crippen LogP contribution in [0.4, 0.5) is 0 Å². The van der Waals surface area contributed by atoms with Gasteiger partial charge in [0.2, 0.25) is 0 Å². The maximum absolute atomic E-state index is 10.8. The second-order valence-electron chi connectivity index (χ2n) is 11.1. The molecule has 1 aliphatic carbocycles. The molecule has 0 radical (unpaired) electrons. The van der Waals surface area contributed by atoms with E-state index in [4.69, 9.17) is 9.97 Å². The molecule has 1 aliphatic rings. The zero-order valence-corrected chi connectivity index (χ0v) is 23.9. The standard InChI is InChI=1S/C41H28N2O/c44-38-21-9-6-15-32(38)30-25-29(28-13-2-1-3-14-28)26-31(27-30)37-20-12-23-40(43-37)41(39-22-10-11-24-42-39)35-18-7-4-16-33(35)34-17-5-8-19-36(34)41/h1-27,44H. The van der Waals surface area contributed by atoms with Crippen molar-refractivity contribution in [3.05, 3.63) is 186 Å². The number of fused-ring (bicyclic) bond motifs is 3. The SMILES string of the molecule is Oc1ccccc1-c1cc(-c2ccccc2)cc(-c2cccc(C3(c4ccccn4)c4ccccc4-c4ccccc43)n2)c1. The molecule has 208 valence electrons. The van der Waals surface area contributed by atoms with Crippen molar-refractivity contribution in [2.24, 2.45) is 0 Å². The number of para-hydroxylation sites is 1. The molecule has 0 aliphatic heterocycles. The summed E-state index contributed by atoms with van der Waals surface area (Å²) < 4.78 is 0. The van der Waals surface area contributed by atoms with Gasteiger partial charge in [-0.15, -0.1) is 0 Å². The molecule has 1 N–H and O–H groups in total. The molecule has 2 heterocycles. The van der Waals surface area contributed by atoms with Crippen LogP contribution in [0, 0.1) is 0 Å². The van der Waals surface area contributed by atoms with E-state index < -0.39 is 5.41 Å². The Balaban J connectivity index is 1.39. The van der Waals surface area contributed by atoms with Gasteiger partial charge in [-0.1, -0.05) is 109 Å². The Bertz CT molecular complexity index is 2090. The first-order valence-corrected chi connectivity index (χ1v) is 14.8. The van der Waals surface area contributed by atoms with Crippen molar-refractivity contribution in [3.8, 4) is 50.4 Å². The van der Waals surface area contributed by atoms with E-state index in [0.29, 0.717) is 0 Å². The first-order valence-electron chi connectivity index (χ1n) is 14.8. The van der Waals surface area contributed by atoms with Crippen LogP contribution in [0.25, 0.3) is 44.6 Å². The Kier molecular flexibility index (Phi) is 6.16. The maximum atomic E-state index is 10.8. The highest BCUT2D eigenvalue weighted by Gasteiger charge is 2.48. The fraction of sp³-hybridized carbons (Fsp3) is 0.0244. The normalized spacial score (nSPS) is 12.8. The van der Waals surface area contributed by atoms with Crippen LogP contribution in [-0.4, -0.2) is 15.1 Å². The molecule has 3 heteroatoms. The summed E-state index contributed by atoms with van der Waals surface area (Å²) in [4.78, 5) is 10.4. The summed E-state index contributed by atoms with van der Waals surface area (Å²) in [5.74, 6) is 0.249. The van der Waals surface area contributed by atoms with E-state index >= 15 is 0 Å². The molecule has 7 aromatic rings. The summed E-state index contributed by atoms with van der Waals surface area (Å²) in [6.45, 7) is 0. The molecule has 0 fully saturated rings. The second-order valence-corrected chi connectivity index (χ2v) is 11.1. The summed E-state index contributed by atoms with van der Waals surface area (Å²) >= 11 is 0. The first-order chi connectivity index (χ1) is 21.7. The van der Waals surface area contributed by atoms with Gasteiger partial charge in [0.05, 0.1) is 17.1 Å². The average Bonchev–Trinajstić information content (AvgIpc) is 3.40. The minimum absolute atomic E-state index is 0.249. The number of nitrogens with zero attached hydrogens (tertiary/aromatic N) is 2. The minimum Gasteiger partial charge on any atom is -0.507 e. The number of aromatic nitrogens is 2. The van der Waals surface area contributed by atoms with Gasteiger partial charge in [0.1, 0.15) is 11.2 Å². The number of rotatable bonds is 5. The maximum Gasteiger partial charge on any atom is 0.123 e. The highest BCUT2D eigenvalue weighted by molar-refractivity contribution is 5.86. The van der Waals surface area contributed by atoms with Gasteiger partial charge in [0, 0.05) is 17.3 Å². The van der Waals surface area contributed by atoms with Crippen molar-refractivity contribution in [1.29, 1.82) is 0 Å². The van der Waals surface area contributed by atoms with E-state index in [2.05, 4.69) is 109 Å². The van der Waals surface area contributed by atoms with Crippen LogP contribution in [0.2, 0.25) is 0 Å². The van der Waals surface area contributed by atoms with Crippen LogP contribution in [0.5, 0.6) is 5.75 Å². The van der Waals surface area contributed by atoms with Crippen molar-refractivity contribution in [2.45, 2.75) is 5.41 Å². The molecule has 44 heavy (non-hydrogen) atoms. The van der Waals surface area contributed by atoms with Crippen molar-refractivity contribution in [2.75, 3.05) is 0 Å². The molecule has 0 bridgehead atoms.